The van der Waals surface area contributed by atoms with Crippen LogP contribution >= 0.6 is 0 Å². The van der Waals surface area contributed by atoms with Gasteiger partial charge in [-0.15, -0.1) is 0 Å². The van der Waals surface area contributed by atoms with Crippen molar-refractivity contribution < 1.29 is 9.84 Å². The molecule has 1 aromatic rings. The second-order valence-corrected chi connectivity index (χ2v) is 2.69. The van der Waals surface area contributed by atoms with Gasteiger partial charge in [-0.25, -0.2) is 0 Å². The van der Waals surface area contributed by atoms with Crippen molar-refractivity contribution in [1.29, 1.82) is 5.26 Å². The third-order valence-electron chi connectivity index (χ3n) is 1.72. The standard InChI is InChI=1S/C11H11NO2/c1-14-11-6-5-10(13)8-9(11)4-2-3-7-12/h2,4-6,8,13H,3H2,1H3. The van der Waals surface area contributed by atoms with Crippen LogP contribution in [0.15, 0.2) is 24.3 Å². The molecule has 0 aliphatic heterocycles. The highest BCUT2D eigenvalue weighted by atomic mass is 16.5. The number of rotatable bonds is 3. The highest BCUT2D eigenvalue weighted by Gasteiger charge is 1.99. The molecule has 14 heavy (non-hydrogen) atoms. The first-order valence-corrected chi connectivity index (χ1v) is 4.18. The summed E-state index contributed by atoms with van der Waals surface area (Å²) in [6.07, 6.45) is 3.82. The molecule has 1 N–H and O–H groups in total. The minimum atomic E-state index is 0.183. The molecule has 0 atom stereocenters. The average Bonchev–Trinajstić information content (AvgIpc) is 2.19. The van der Waals surface area contributed by atoms with E-state index in [1.165, 1.54) is 0 Å². The number of phenolic OH excluding ortho intramolecular Hbond substituents is 1. The van der Waals surface area contributed by atoms with Crippen molar-refractivity contribution in [3.63, 3.8) is 0 Å². The lowest BCUT2D eigenvalue weighted by atomic mass is 10.1. The largest absolute Gasteiger partial charge is 0.508 e. The van der Waals surface area contributed by atoms with Gasteiger partial charge in [-0.2, -0.15) is 5.26 Å². The molecule has 0 spiro atoms. The monoisotopic (exact) mass is 189 g/mol. The van der Waals surface area contributed by atoms with Crippen molar-refractivity contribution in [2.24, 2.45) is 0 Å². The van der Waals surface area contributed by atoms with Gasteiger partial charge in [0.25, 0.3) is 0 Å². The summed E-state index contributed by atoms with van der Waals surface area (Å²) in [7, 11) is 1.56. The second kappa shape index (κ2) is 4.93. The molecule has 0 fully saturated rings. The van der Waals surface area contributed by atoms with Crippen LogP contribution in [0.4, 0.5) is 0 Å². The first kappa shape index (κ1) is 10.1. The number of nitriles is 1. The zero-order chi connectivity index (χ0) is 10.4. The van der Waals surface area contributed by atoms with Gasteiger partial charge in [-0.1, -0.05) is 12.2 Å². The van der Waals surface area contributed by atoms with E-state index in [1.54, 1.807) is 37.5 Å². The van der Waals surface area contributed by atoms with Gasteiger partial charge >= 0.3 is 0 Å². The summed E-state index contributed by atoms with van der Waals surface area (Å²) in [5, 5.41) is 17.6. The molecule has 0 amide bonds. The smallest absolute Gasteiger partial charge is 0.126 e. The van der Waals surface area contributed by atoms with Crippen LogP contribution in [0.2, 0.25) is 0 Å². The fourth-order valence-electron chi connectivity index (χ4n) is 1.09. The summed E-state index contributed by atoms with van der Waals surface area (Å²) < 4.78 is 5.09. The van der Waals surface area contributed by atoms with Crippen molar-refractivity contribution in [2.45, 2.75) is 6.42 Å². The first-order chi connectivity index (χ1) is 6.77. The number of benzene rings is 1. The highest BCUT2D eigenvalue weighted by molar-refractivity contribution is 5.59. The van der Waals surface area contributed by atoms with E-state index in [0.29, 0.717) is 12.2 Å². The Morgan fingerprint density at radius 2 is 2.36 bits per heavy atom. The SMILES string of the molecule is COc1ccc(O)cc1C=CCC#N. The Bertz CT molecular complexity index is 377. The Morgan fingerprint density at radius 3 is 3.00 bits per heavy atom. The van der Waals surface area contributed by atoms with Crippen molar-refractivity contribution in [3.8, 4) is 17.6 Å². The number of methoxy groups -OCH3 is 1. The van der Waals surface area contributed by atoms with Gasteiger partial charge in [0.2, 0.25) is 0 Å². The molecular formula is C11H11NO2. The molecule has 0 bridgehead atoms. The summed E-state index contributed by atoms with van der Waals surface area (Å²) >= 11 is 0. The fourth-order valence-corrected chi connectivity index (χ4v) is 1.09. The van der Waals surface area contributed by atoms with Crippen LogP contribution in [-0.2, 0) is 0 Å². The van der Waals surface area contributed by atoms with Gasteiger partial charge in [0.15, 0.2) is 0 Å². The van der Waals surface area contributed by atoms with E-state index in [0.717, 1.165) is 5.56 Å². The molecule has 0 aromatic heterocycles. The van der Waals surface area contributed by atoms with E-state index in [4.69, 9.17) is 10.00 Å². The molecule has 0 saturated heterocycles. The quantitative estimate of drug-likeness (QED) is 0.793. The maximum atomic E-state index is 9.24. The number of allylic oxidation sites excluding steroid dienone is 1. The van der Waals surface area contributed by atoms with Crippen LogP contribution in [0.5, 0.6) is 11.5 Å². The van der Waals surface area contributed by atoms with Crippen LogP contribution in [0.25, 0.3) is 6.08 Å². The van der Waals surface area contributed by atoms with E-state index in [1.807, 2.05) is 6.07 Å². The molecule has 0 saturated carbocycles. The number of nitrogens with zero attached hydrogens (tertiary/aromatic N) is 1. The molecule has 72 valence electrons. The Hall–Kier alpha value is -1.95. The Morgan fingerprint density at radius 1 is 1.57 bits per heavy atom. The molecule has 0 aliphatic carbocycles. The molecule has 1 aromatic carbocycles. The normalized spacial score (nSPS) is 10.0. The van der Waals surface area contributed by atoms with Crippen molar-refractivity contribution in [3.05, 3.63) is 29.8 Å². The topological polar surface area (TPSA) is 53.2 Å². The van der Waals surface area contributed by atoms with Crippen molar-refractivity contribution in [1.82, 2.24) is 0 Å². The molecule has 3 nitrogen and oxygen atoms in total. The van der Waals surface area contributed by atoms with Gasteiger partial charge in [-0.3, -0.25) is 0 Å². The average molecular weight is 189 g/mol. The maximum Gasteiger partial charge on any atom is 0.126 e. The highest BCUT2D eigenvalue weighted by Crippen LogP contribution is 2.24. The first-order valence-electron chi connectivity index (χ1n) is 4.18. The summed E-state index contributed by atoms with van der Waals surface area (Å²) in [5.41, 5.74) is 0.766. The summed E-state index contributed by atoms with van der Waals surface area (Å²) in [4.78, 5) is 0. The van der Waals surface area contributed by atoms with Crippen LogP contribution in [0.3, 0.4) is 0 Å². The Kier molecular flexibility index (Phi) is 3.57. The van der Waals surface area contributed by atoms with Crippen LogP contribution in [0.1, 0.15) is 12.0 Å². The van der Waals surface area contributed by atoms with Crippen LogP contribution < -0.4 is 4.74 Å². The Labute approximate surface area is 82.9 Å². The lowest BCUT2D eigenvalue weighted by molar-refractivity contribution is 0.411. The van der Waals surface area contributed by atoms with Gasteiger partial charge < -0.3 is 9.84 Å². The lowest BCUT2D eigenvalue weighted by Gasteiger charge is -2.04. The minimum absolute atomic E-state index is 0.183. The second-order valence-electron chi connectivity index (χ2n) is 2.69. The van der Waals surface area contributed by atoms with Gasteiger partial charge in [-0.05, 0) is 18.2 Å². The summed E-state index contributed by atoms with van der Waals surface area (Å²) in [5.74, 6) is 0.861. The lowest BCUT2D eigenvalue weighted by Crippen LogP contribution is -1.85. The number of phenols is 1. The zero-order valence-electron chi connectivity index (χ0n) is 7.90. The molecular weight excluding hydrogens is 178 g/mol. The number of hydrogen-bond donors (Lipinski definition) is 1. The van der Waals surface area contributed by atoms with E-state index < -0.39 is 0 Å². The van der Waals surface area contributed by atoms with Gasteiger partial charge in [0.1, 0.15) is 11.5 Å². The number of ether oxygens (including phenoxy) is 1. The van der Waals surface area contributed by atoms with E-state index in [9.17, 15) is 5.11 Å². The maximum absolute atomic E-state index is 9.24. The number of aromatic hydroxyl groups is 1. The number of hydrogen-bond acceptors (Lipinski definition) is 3. The summed E-state index contributed by atoms with van der Waals surface area (Å²) in [6.45, 7) is 0. The third-order valence-corrected chi connectivity index (χ3v) is 1.72. The molecule has 0 unspecified atom stereocenters. The van der Waals surface area contributed by atoms with Crippen molar-refractivity contribution >= 4 is 6.08 Å². The third kappa shape index (κ3) is 2.53. The molecule has 3 heteroatoms. The predicted molar refractivity (Wildman–Crippen MR) is 53.9 cm³/mol. The predicted octanol–water partition coefficient (Wildman–Crippen LogP) is 2.33. The summed E-state index contributed by atoms with van der Waals surface area (Å²) in [6, 6.07) is 6.83. The van der Waals surface area contributed by atoms with E-state index in [2.05, 4.69) is 0 Å². The van der Waals surface area contributed by atoms with Gasteiger partial charge in [0.05, 0.1) is 19.6 Å². The van der Waals surface area contributed by atoms with Crippen LogP contribution in [0, 0.1) is 11.3 Å². The molecule has 1 rings (SSSR count). The van der Waals surface area contributed by atoms with E-state index >= 15 is 0 Å². The van der Waals surface area contributed by atoms with Crippen molar-refractivity contribution in [2.75, 3.05) is 7.11 Å². The minimum Gasteiger partial charge on any atom is -0.508 e. The molecule has 0 aliphatic rings. The zero-order valence-corrected chi connectivity index (χ0v) is 7.90. The van der Waals surface area contributed by atoms with Crippen LogP contribution in [-0.4, -0.2) is 12.2 Å². The fraction of sp³-hybridized carbons (Fsp3) is 0.182. The molecule has 0 heterocycles. The Balaban J connectivity index is 2.94. The van der Waals surface area contributed by atoms with Gasteiger partial charge in [0, 0.05) is 5.56 Å². The molecule has 0 radical (unpaired) electrons. The van der Waals surface area contributed by atoms with E-state index in [-0.39, 0.29) is 5.75 Å².